The first-order chi connectivity index (χ1) is 7.00. The zero-order valence-corrected chi connectivity index (χ0v) is 8.52. The summed E-state index contributed by atoms with van der Waals surface area (Å²) in [5.41, 5.74) is 0. The second-order valence-electron chi connectivity index (χ2n) is 3.56. The summed E-state index contributed by atoms with van der Waals surface area (Å²) >= 11 is 0. The Morgan fingerprint density at radius 2 is 2.27 bits per heavy atom. The smallest absolute Gasteiger partial charge is 0.305 e. The maximum absolute atomic E-state index is 11.6. The third kappa shape index (κ3) is 3.23. The number of nitrogens with one attached hydrogen (secondary N) is 1. The van der Waals surface area contributed by atoms with Crippen molar-refractivity contribution in [3.63, 3.8) is 0 Å². The number of nitrogens with zero attached hydrogens (tertiary/aromatic N) is 1. The molecule has 0 aromatic heterocycles. The van der Waals surface area contributed by atoms with Crippen LogP contribution in [0.3, 0.4) is 0 Å². The average Bonchev–Trinajstić information content (AvgIpc) is 2.60. The molecule has 1 saturated heterocycles. The van der Waals surface area contributed by atoms with Crippen LogP contribution in [0.25, 0.3) is 0 Å². The maximum Gasteiger partial charge on any atom is 0.305 e. The molecule has 0 saturated carbocycles. The van der Waals surface area contributed by atoms with Crippen LogP contribution in [0, 0.1) is 0 Å². The molecule has 6 nitrogen and oxygen atoms in total. The molecule has 84 valence electrons. The highest BCUT2D eigenvalue weighted by Crippen LogP contribution is 2.09. The fraction of sp³-hybridized carbons (Fsp3) is 0.667. The van der Waals surface area contributed by atoms with E-state index in [1.807, 2.05) is 0 Å². The summed E-state index contributed by atoms with van der Waals surface area (Å²) in [7, 11) is 1.54. The lowest BCUT2D eigenvalue weighted by Gasteiger charge is -2.19. The first-order valence-electron chi connectivity index (χ1n) is 4.77. The molecular weight excluding hydrogens is 200 g/mol. The van der Waals surface area contributed by atoms with Crippen LogP contribution in [0.1, 0.15) is 19.3 Å². The fourth-order valence-electron chi connectivity index (χ4n) is 1.44. The van der Waals surface area contributed by atoms with Gasteiger partial charge in [-0.1, -0.05) is 0 Å². The largest absolute Gasteiger partial charge is 0.481 e. The van der Waals surface area contributed by atoms with E-state index in [1.165, 1.54) is 11.9 Å². The van der Waals surface area contributed by atoms with Crippen LogP contribution in [0.5, 0.6) is 0 Å². The van der Waals surface area contributed by atoms with E-state index in [-0.39, 0.29) is 24.8 Å². The van der Waals surface area contributed by atoms with Gasteiger partial charge in [0.15, 0.2) is 0 Å². The van der Waals surface area contributed by atoms with Gasteiger partial charge in [-0.15, -0.1) is 0 Å². The van der Waals surface area contributed by atoms with Crippen molar-refractivity contribution < 1.29 is 19.5 Å². The van der Waals surface area contributed by atoms with E-state index in [2.05, 4.69) is 5.32 Å². The Labute approximate surface area is 87.2 Å². The molecule has 15 heavy (non-hydrogen) atoms. The molecule has 1 fully saturated rings. The molecule has 1 atom stereocenters. The molecule has 0 aromatic rings. The summed E-state index contributed by atoms with van der Waals surface area (Å²) in [5.74, 6) is -1.29. The maximum atomic E-state index is 11.6. The summed E-state index contributed by atoms with van der Waals surface area (Å²) < 4.78 is 0. The molecule has 2 amide bonds. The minimum atomic E-state index is -0.940. The molecule has 1 heterocycles. The van der Waals surface area contributed by atoms with Gasteiger partial charge in [0.2, 0.25) is 11.8 Å². The molecule has 0 unspecified atom stereocenters. The number of amides is 2. The Morgan fingerprint density at radius 3 is 2.73 bits per heavy atom. The van der Waals surface area contributed by atoms with Crippen LogP contribution < -0.4 is 5.32 Å². The number of carbonyl (C=O) groups excluding carboxylic acids is 2. The van der Waals surface area contributed by atoms with Gasteiger partial charge >= 0.3 is 5.97 Å². The highest BCUT2D eigenvalue weighted by molar-refractivity contribution is 5.90. The van der Waals surface area contributed by atoms with Gasteiger partial charge in [0, 0.05) is 20.0 Å². The molecule has 1 aliphatic rings. The van der Waals surface area contributed by atoms with Gasteiger partial charge in [0.1, 0.15) is 6.04 Å². The lowest BCUT2D eigenvalue weighted by molar-refractivity contribution is -0.138. The minimum Gasteiger partial charge on any atom is -0.481 e. The summed E-state index contributed by atoms with van der Waals surface area (Å²) in [6.07, 6.45) is 0.779. The molecule has 1 aliphatic heterocycles. The zero-order valence-electron chi connectivity index (χ0n) is 8.52. The van der Waals surface area contributed by atoms with Crippen molar-refractivity contribution in [1.29, 1.82) is 0 Å². The molecule has 0 aliphatic carbocycles. The first-order valence-corrected chi connectivity index (χ1v) is 4.77. The van der Waals surface area contributed by atoms with Crippen molar-refractivity contribution in [3.8, 4) is 0 Å². The van der Waals surface area contributed by atoms with Crippen molar-refractivity contribution in [3.05, 3.63) is 0 Å². The van der Waals surface area contributed by atoms with Gasteiger partial charge in [0.05, 0.1) is 6.42 Å². The highest BCUT2D eigenvalue weighted by Gasteiger charge is 2.29. The van der Waals surface area contributed by atoms with Crippen molar-refractivity contribution in [2.75, 3.05) is 13.6 Å². The van der Waals surface area contributed by atoms with E-state index in [0.717, 1.165) is 0 Å². The van der Waals surface area contributed by atoms with Crippen LogP contribution in [-0.4, -0.2) is 47.4 Å². The molecule has 0 aromatic carbocycles. The quantitative estimate of drug-likeness (QED) is 0.641. The van der Waals surface area contributed by atoms with Gasteiger partial charge in [-0.05, 0) is 6.42 Å². The van der Waals surface area contributed by atoms with Crippen molar-refractivity contribution >= 4 is 17.8 Å². The van der Waals surface area contributed by atoms with Crippen molar-refractivity contribution in [2.45, 2.75) is 25.3 Å². The number of carboxylic acid groups (broad SMARTS) is 1. The number of rotatable bonds is 4. The van der Waals surface area contributed by atoms with Gasteiger partial charge in [-0.3, -0.25) is 14.4 Å². The second kappa shape index (κ2) is 4.77. The topological polar surface area (TPSA) is 86.7 Å². The summed E-state index contributed by atoms with van der Waals surface area (Å²) in [6, 6.07) is -0.476. The van der Waals surface area contributed by atoms with Crippen LogP contribution in [-0.2, 0) is 14.4 Å². The van der Waals surface area contributed by atoms with E-state index in [0.29, 0.717) is 12.8 Å². The van der Waals surface area contributed by atoms with Gasteiger partial charge in [-0.2, -0.15) is 0 Å². The molecule has 2 N–H and O–H groups in total. The lowest BCUT2D eigenvalue weighted by atomic mass is 10.2. The Hall–Kier alpha value is -1.59. The Bertz CT molecular complexity index is 290. The number of hydrogen-bond acceptors (Lipinski definition) is 3. The number of likely N-dealkylation sites (N-methyl/N-ethyl adjacent to an activating group) is 1. The summed E-state index contributed by atoms with van der Waals surface area (Å²) in [5, 5.41) is 11.0. The van der Waals surface area contributed by atoms with E-state index in [4.69, 9.17) is 5.11 Å². The third-order valence-corrected chi connectivity index (χ3v) is 2.33. The number of aliphatic carboxylic acids is 1. The first kappa shape index (κ1) is 11.5. The number of hydrogen-bond donors (Lipinski definition) is 2. The van der Waals surface area contributed by atoms with Crippen LogP contribution in [0.15, 0.2) is 0 Å². The number of carboxylic acids is 1. The van der Waals surface area contributed by atoms with Crippen LogP contribution in [0.2, 0.25) is 0 Å². The van der Waals surface area contributed by atoms with Crippen LogP contribution in [0.4, 0.5) is 0 Å². The predicted molar refractivity (Wildman–Crippen MR) is 51.1 cm³/mol. The molecule has 1 rings (SSSR count). The molecule has 6 heteroatoms. The highest BCUT2D eigenvalue weighted by atomic mass is 16.4. The van der Waals surface area contributed by atoms with Crippen molar-refractivity contribution in [1.82, 2.24) is 10.2 Å². The normalized spacial score (nSPS) is 19.8. The molecule has 0 bridgehead atoms. The monoisotopic (exact) mass is 214 g/mol. The Morgan fingerprint density at radius 1 is 1.60 bits per heavy atom. The second-order valence-corrected chi connectivity index (χ2v) is 3.56. The SMILES string of the molecule is CN(CCC(=O)O)C(=O)[C@@H]1CCC(=O)N1. The predicted octanol–water partition coefficient (Wildman–Crippen LogP) is -0.802. The standard InChI is InChI=1S/C9H14N2O4/c1-11(5-4-8(13)14)9(15)6-2-3-7(12)10-6/h6H,2-5H2,1H3,(H,10,12)(H,13,14)/t6-/m0/s1. The van der Waals surface area contributed by atoms with Crippen molar-refractivity contribution in [2.24, 2.45) is 0 Å². The van der Waals surface area contributed by atoms with E-state index >= 15 is 0 Å². The summed E-state index contributed by atoms with van der Waals surface area (Å²) in [6.45, 7) is 0.167. The molecule has 0 radical (unpaired) electrons. The van der Waals surface area contributed by atoms with E-state index in [1.54, 1.807) is 0 Å². The Balaban J connectivity index is 2.39. The number of carbonyl (C=O) groups is 3. The zero-order chi connectivity index (χ0) is 11.4. The summed E-state index contributed by atoms with van der Waals surface area (Å²) in [4.78, 5) is 34.1. The van der Waals surface area contributed by atoms with E-state index in [9.17, 15) is 14.4 Å². The third-order valence-electron chi connectivity index (χ3n) is 2.33. The Kier molecular flexibility index (Phi) is 3.65. The minimum absolute atomic E-state index is 0.0804. The van der Waals surface area contributed by atoms with Gasteiger partial charge in [0.25, 0.3) is 0 Å². The lowest BCUT2D eigenvalue weighted by Crippen LogP contribution is -2.43. The van der Waals surface area contributed by atoms with Gasteiger partial charge < -0.3 is 15.3 Å². The fourth-order valence-corrected chi connectivity index (χ4v) is 1.44. The van der Waals surface area contributed by atoms with E-state index < -0.39 is 12.0 Å². The average molecular weight is 214 g/mol. The molecule has 0 spiro atoms. The molecular formula is C9H14N2O4. The van der Waals surface area contributed by atoms with Crippen LogP contribution >= 0.6 is 0 Å². The van der Waals surface area contributed by atoms with Gasteiger partial charge in [-0.25, -0.2) is 0 Å².